The summed E-state index contributed by atoms with van der Waals surface area (Å²) in [5.41, 5.74) is 0. The van der Waals surface area contributed by atoms with Gasteiger partial charge in [0, 0.05) is 12.7 Å². The lowest BCUT2D eigenvalue weighted by Gasteiger charge is -2.13. The number of hydrogen-bond donors (Lipinski definition) is 1. The highest BCUT2D eigenvalue weighted by molar-refractivity contribution is 6.32. The van der Waals surface area contributed by atoms with Gasteiger partial charge in [0.05, 0.1) is 10.4 Å². The van der Waals surface area contributed by atoms with Gasteiger partial charge in [-0.05, 0) is 24.5 Å². The molecule has 84 valence electrons. The standard InChI is InChI=1S/C11H16Cl2N2/c1-8(2)6-9(12)7-15-11-10(13)4-3-5-14-11/h3-5,8-9H,6-7H2,1-2H3,(H,14,15). The average molecular weight is 247 g/mol. The monoisotopic (exact) mass is 246 g/mol. The zero-order valence-corrected chi connectivity index (χ0v) is 10.5. The third-order valence-electron chi connectivity index (χ3n) is 1.98. The SMILES string of the molecule is CC(C)CC(Cl)CNc1ncccc1Cl. The Morgan fingerprint density at radius 1 is 1.47 bits per heavy atom. The van der Waals surface area contributed by atoms with E-state index in [1.54, 1.807) is 12.3 Å². The first-order valence-corrected chi connectivity index (χ1v) is 5.89. The summed E-state index contributed by atoms with van der Waals surface area (Å²) in [5.74, 6) is 1.31. The number of nitrogens with zero attached hydrogens (tertiary/aromatic N) is 1. The predicted octanol–water partition coefficient (Wildman–Crippen LogP) is 3.80. The van der Waals surface area contributed by atoms with Crippen molar-refractivity contribution in [3.63, 3.8) is 0 Å². The lowest BCUT2D eigenvalue weighted by Crippen LogP contribution is -2.16. The third-order valence-corrected chi connectivity index (χ3v) is 2.61. The van der Waals surface area contributed by atoms with E-state index in [9.17, 15) is 0 Å². The molecule has 1 atom stereocenters. The second-order valence-corrected chi connectivity index (χ2v) is 4.97. The predicted molar refractivity (Wildman–Crippen MR) is 66.8 cm³/mol. The molecule has 1 rings (SSSR count). The Balaban J connectivity index is 2.40. The molecule has 0 bridgehead atoms. The Kier molecular flexibility index (Phi) is 5.20. The van der Waals surface area contributed by atoms with Crippen LogP contribution in [-0.4, -0.2) is 16.9 Å². The average Bonchev–Trinajstić information content (AvgIpc) is 2.15. The fraction of sp³-hybridized carbons (Fsp3) is 0.545. The van der Waals surface area contributed by atoms with Gasteiger partial charge in [0.2, 0.25) is 0 Å². The molecule has 1 heterocycles. The maximum atomic E-state index is 6.14. The number of alkyl halides is 1. The topological polar surface area (TPSA) is 24.9 Å². The number of aromatic nitrogens is 1. The maximum absolute atomic E-state index is 6.14. The Hall–Kier alpha value is -0.470. The number of halogens is 2. The van der Waals surface area contributed by atoms with Crippen LogP contribution in [0.1, 0.15) is 20.3 Å². The minimum atomic E-state index is 0.114. The van der Waals surface area contributed by atoms with Gasteiger partial charge in [-0.25, -0.2) is 4.98 Å². The minimum absolute atomic E-state index is 0.114. The quantitative estimate of drug-likeness (QED) is 0.800. The Morgan fingerprint density at radius 3 is 2.80 bits per heavy atom. The number of nitrogens with one attached hydrogen (secondary N) is 1. The van der Waals surface area contributed by atoms with Crippen LogP contribution >= 0.6 is 23.2 Å². The van der Waals surface area contributed by atoms with Crippen molar-refractivity contribution < 1.29 is 0 Å². The summed E-state index contributed by atoms with van der Waals surface area (Å²) >= 11 is 12.1. The lowest BCUT2D eigenvalue weighted by atomic mass is 10.1. The molecule has 1 aromatic heterocycles. The second-order valence-electron chi connectivity index (χ2n) is 3.94. The van der Waals surface area contributed by atoms with Crippen molar-refractivity contribution in [2.75, 3.05) is 11.9 Å². The molecular formula is C11H16Cl2N2. The molecule has 0 saturated heterocycles. The molecule has 0 radical (unpaired) electrons. The third kappa shape index (κ3) is 4.72. The van der Waals surface area contributed by atoms with Crippen LogP contribution in [0, 0.1) is 5.92 Å². The lowest BCUT2D eigenvalue weighted by molar-refractivity contribution is 0.572. The van der Waals surface area contributed by atoms with Crippen molar-refractivity contribution in [2.45, 2.75) is 25.6 Å². The molecule has 0 aliphatic rings. The second kappa shape index (κ2) is 6.19. The van der Waals surface area contributed by atoms with Gasteiger partial charge in [-0.15, -0.1) is 11.6 Å². The zero-order chi connectivity index (χ0) is 11.3. The zero-order valence-electron chi connectivity index (χ0n) is 9.00. The summed E-state index contributed by atoms with van der Waals surface area (Å²) in [6.07, 6.45) is 2.69. The highest BCUT2D eigenvalue weighted by atomic mass is 35.5. The summed E-state index contributed by atoms with van der Waals surface area (Å²) in [6, 6.07) is 3.61. The first kappa shape index (κ1) is 12.6. The van der Waals surface area contributed by atoms with Crippen LogP contribution in [0.25, 0.3) is 0 Å². The number of pyridine rings is 1. The van der Waals surface area contributed by atoms with E-state index in [1.165, 1.54) is 0 Å². The molecule has 0 spiro atoms. The molecule has 0 aliphatic carbocycles. The highest BCUT2D eigenvalue weighted by Crippen LogP contribution is 2.18. The molecular weight excluding hydrogens is 231 g/mol. The van der Waals surface area contributed by atoms with Crippen molar-refractivity contribution in [1.29, 1.82) is 0 Å². The molecule has 0 fully saturated rings. The van der Waals surface area contributed by atoms with Crippen molar-refractivity contribution in [3.05, 3.63) is 23.4 Å². The molecule has 1 unspecified atom stereocenters. The minimum Gasteiger partial charge on any atom is -0.367 e. The Morgan fingerprint density at radius 2 is 2.20 bits per heavy atom. The fourth-order valence-electron chi connectivity index (χ4n) is 1.32. The van der Waals surface area contributed by atoms with Gasteiger partial charge < -0.3 is 5.32 Å². The summed E-state index contributed by atoms with van der Waals surface area (Å²) in [7, 11) is 0. The van der Waals surface area contributed by atoms with Gasteiger partial charge in [0.25, 0.3) is 0 Å². The molecule has 15 heavy (non-hydrogen) atoms. The summed E-state index contributed by atoms with van der Waals surface area (Å²) in [6.45, 7) is 5.00. The number of anilines is 1. The molecule has 1 aromatic rings. The van der Waals surface area contributed by atoms with Crippen LogP contribution in [0.15, 0.2) is 18.3 Å². The van der Waals surface area contributed by atoms with Gasteiger partial charge in [0.1, 0.15) is 5.82 Å². The number of hydrogen-bond acceptors (Lipinski definition) is 2. The van der Waals surface area contributed by atoms with Crippen molar-refractivity contribution in [2.24, 2.45) is 5.92 Å². The maximum Gasteiger partial charge on any atom is 0.144 e. The van der Waals surface area contributed by atoms with E-state index < -0.39 is 0 Å². The van der Waals surface area contributed by atoms with Gasteiger partial charge in [-0.2, -0.15) is 0 Å². The first-order valence-electron chi connectivity index (χ1n) is 5.08. The summed E-state index contributed by atoms with van der Waals surface area (Å²) < 4.78 is 0. The van der Waals surface area contributed by atoms with Gasteiger partial charge in [0.15, 0.2) is 0 Å². The normalized spacial score (nSPS) is 12.9. The van der Waals surface area contributed by atoms with Gasteiger partial charge in [-0.3, -0.25) is 0 Å². The van der Waals surface area contributed by atoms with E-state index in [0.29, 0.717) is 23.3 Å². The van der Waals surface area contributed by atoms with Crippen LogP contribution in [-0.2, 0) is 0 Å². The van der Waals surface area contributed by atoms with Crippen LogP contribution < -0.4 is 5.32 Å². The fourth-order valence-corrected chi connectivity index (χ4v) is 1.94. The van der Waals surface area contributed by atoms with Crippen LogP contribution in [0.2, 0.25) is 5.02 Å². The van der Waals surface area contributed by atoms with Gasteiger partial charge in [-0.1, -0.05) is 25.4 Å². The van der Waals surface area contributed by atoms with Crippen LogP contribution in [0.5, 0.6) is 0 Å². The molecule has 2 nitrogen and oxygen atoms in total. The smallest absolute Gasteiger partial charge is 0.144 e. The largest absolute Gasteiger partial charge is 0.367 e. The van der Waals surface area contributed by atoms with Crippen LogP contribution in [0.4, 0.5) is 5.82 Å². The first-order chi connectivity index (χ1) is 7.09. The molecule has 0 saturated carbocycles. The van der Waals surface area contributed by atoms with Crippen molar-refractivity contribution in [1.82, 2.24) is 4.98 Å². The van der Waals surface area contributed by atoms with E-state index in [1.807, 2.05) is 6.07 Å². The molecule has 0 amide bonds. The number of rotatable bonds is 5. The van der Waals surface area contributed by atoms with Gasteiger partial charge >= 0.3 is 0 Å². The molecule has 0 aliphatic heterocycles. The van der Waals surface area contributed by atoms with E-state index in [2.05, 4.69) is 24.1 Å². The van der Waals surface area contributed by atoms with E-state index >= 15 is 0 Å². The molecule has 0 aromatic carbocycles. The Labute approximate surface area is 101 Å². The summed E-state index contributed by atoms with van der Waals surface area (Å²) in [4.78, 5) is 4.13. The van der Waals surface area contributed by atoms with E-state index in [-0.39, 0.29) is 5.38 Å². The molecule has 1 N–H and O–H groups in total. The van der Waals surface area contributed by atoms with Crippen molar-refractivity contribution >= 4 is 29.0 Å². The Bertz CT molecular complexity index is 302. The van der Waals surface area contributed by atoms with E-state index in [4.69, 9.17) is 23.2 Å². The molecule has 4 heteroatoms. The summed E-state index contributed by atoms with van der Waals surface area (Å²) in [5, 5.41) is 3.89. The van der Waals surface area contributed by atoms with Crippen LogP contribution in [0.3, 0.4) is 0 Å². The van der Waals surface area contributed by atoms with Crippen molar-refractivity contribution in [3.8, 4) is 0 Å². The van der Waals surface area contributed by atoms with E-state index in [0.717, 1.165) is 6.42 Å². The highest BCUT2D eigenvalue weighted by Gasteiger charge is 2.08.